The lowest BCUT2D eigenvalue weighted by Crippen LogP contribution is -2.57. The summed E-state index contributed by atoms with van der Waals surface area (Å²) < 4.78 is 4.79. The molecule has 1 spiro atoms. The molecule has 208 valence electrons. The van der Waals surface area contributed by atoms with Crippen LogP contribution >= 0.6 is 11.8 Å². The van der Waals surface area contributed by atoms with Crippen LogP contribution in [0.2, 0.25) is 0 Å². The second-order valence-electron chi connectivity index (χ2n) is 10.9. The molecule has 2 aromatic rings. The van der Waals surface area contributed by atoms with Gasteiger partial charge in [-0.2, -0.15) is 0 Å². The summed E-state index contributed by atoms with van der Waals surface area (Å²) in [7, 11) is 0. The van der Waals surface area contributed by atoms with Gasteiger partial charge in [0.1, 0.15) is 11.8 Å². The van der Waals surface area contributed by atoms with E-state index in [1.807, 2.05) is 51.1 Å². The molecule has 3 N–H and O–H groups in total. The number of aliphatic hydroxyl groups excluding tert-OH is 1. The Morgan fingerprint density at radius 3 is 2.49 bits per heavy atom. The van der Waals surface area contributed by atoms with Crippen LogP contribution in [0.3, 0.4) is 0 Å². The number of likely N-dealkylation sites (tertiary alicyclic amines) is 1. The summed E-state index contributed by atoms with van der Waals surface area (Å²) in [6.07, 6.45) is 1.44. The van der Waals surface area contributed by atoms with E-state index in [0.717, 1.165) is 17.7 Å². The summed E-state index contributed by atoms with van der Waals surface area (Å²) in [5.74, 6) is -1.14. The number of anilines is 1. The molecule has 39 heavy (non-hydrogen) atoms. The van der Waals surface area contributed by atoms with Gasteiger partial charge in [-0.15, -0.1) is 11.8 Å². The highest BCUT2D eigenvalue weighted by Crippen LogP contribution is 2.66. The van der Waals surface area contributed by atoms with E-state index in [4.69, 9.17) is 4.74 Å². The number of nitrogens with one attached hydrogen (secondary N) is 2. The number of aliphatic hydroxyl groups is 1. The number of hydrogen-bond donors (Lipinski definition) is 3. The third-order valence-electron chi connectivity index (χ3n) is 8.35. The summed E-state index contributed by atoms with van der Waals surface area (Å²) in [5.41, 5.74) is 1.61. The highest BCUT2D eigenvalue weighted by Gasteiger charge is 2.74. The summed E-state index contributed by atoms with van der Waals surface area (Å²) in [6, 6.07) is 15.6. The number of hydrogen-bond acceptors (Lipinski definition) is 6. The molecule has 3 amide bonds. The van der Waals surface area contributed by atoms with Crippen LogP contribution in [0.1, 0.15) is 39.2 Å². The van der Waals surface area contributed by atoms with Gasteiger partial charge in [0.2, 0.25) is 17.7 Å². The number of ether oxygens (including phenoxy) is 1. The molecule has 2 unspecified atom stereocenters. The zero-order valence-corrected chi connectivity index (χ0v) is 23.4. The van der Waals surface area contributed by atoms with Crippen molar-refractivity contribution in [2.24, 2.45) is 17.8 Å². The zero-order chi connectivity index (χ0) is 27.7. The van der Waals surface area contributed by atoms with E-state index in [0.29, 0.717) is 25.3 Å². The molecule has 8 nitrogen and oxygen atoms in total. The van der Waals surface area contributed by atoms with Crippen molar-refractivity contribution >= 4 is 35.2 Å². The van der Waals surface area contributed by atoms with Crippen LogP contribution in [0.5, 0.6) is 5.75 Å². The molecule has 0 saturated carbocycles. The number of nitrogens with zero attached hydrogens (tertiary/aromatic N) is 1. The van der Waals surface area contributed by atoms with Gasteiger partial charge in [-0.1, -0.05) is 44.2 Å². The lowest BCUT2D eigenvalue weighted by atomic mass is 9.70. The highest BCUT2D eigenvalue weighted by atomic mass is 32.2. The van der Waals surface area contributed by atoms with Crippen molar-refractivity contribution < 1.29 is 24.2 Å². The number of carbonyl (C=O) groups is 3. The molecule has 6 atom stereocenters. The predicted octanol–water partition coefficient (Wildman–Crippen LogP) is 3.45. The van der Waals surface area contributed by atoms with E-state index in [-0.39, 0.29) is 35.5 Å². The average Bonchev–Trinajstić information content (AvgIpc) is 3.57. The molecule has 0 aromatic heterocycles. The fraction of sp³-hybridized carbons (Fsp3) is 0.500. The zero-order valence-electron chi connectivity index (χ0n) is 22.6. The molecule has 3 fully saturated rings. The first-order valence-electron chi connectivity index (χ1n) is 13.8. The van der Waals surface area contributed by atoms with Crippen molar-refractivity contribution in [1.29, 1.82) is 0 Å². The highest BCUT2D eigenvalue weighted by molar-refractivity contribution is 8.02. The lowest BCUT2D eigenvalue weighted by Gasteiger charge is -2.38. The van der Waals surface area contributed by atoms with Crippen LogP contribution in [0.4, 0.5) is 5.69 Å². The first-order chi connectivity index (χ1) is 18.8. The minimum absolute atomic E-state index is 0.0418. The minimum atomic E-state index is -0.753. The van der Waals surface area contributed by atoms with E-state index in [1.165, 1.54) is 0 Å². The second kappa shape index (κ2) is 11.2. The third-order valence-corrected chi connectivity index (χ3v) is 10.3. The molecule has 9 heteroatoms. The number of carbonyl (C=O) groups excluding carboxylic acids is 3. The Morgan fingerprint density at radius 1 is 1.13 bits per heavy atom. The second-order valence-corrected chi connectivity index (χ2v) is 12.5. The number of benzene rings is 2. The molecule has 0 aliphatic carbocycles. The monoisotopic (exact) mass is 551 g/mol. The molecule has 3 aliphatic rings. The van der Waals surface area contributed by atoms with Gasteiger partial charge in [-0.05, 0) is 55.5 Å². The van der Waals surface area contributed by atoms with E-state index in [1.54, 1.807) is 40.9 Å². The summed E-state index contributed by atoms with van der Waals surface area (Å²) in [4.78, 5) is 43.4. The molecular weight excluding hydrogens is 514 g/mol. The van der Waals surface area contributed by atoms with Crippen molar-refractivity contribution in [3.05, 3.63) is 60.2 Å². The average molecular weight is 552 g/mol. The Morgan fingerprint density at radius 2 is 1.85 bits per heavy atom. The standard InChI is InChI=1S/C30H37N3O5S/c1-4-38-21-12-10-20(11-13-21)32-27(35)24-23-14-15-30(39-23)25(24)29(37)33(22(17-34)18(2)3)26(30)28(36)31-16-19-8-6-5-7-9-19/h5-13,18,22-26,34H,4,14-17H2,1-3H3,(H,31,36)(H,32,35)/t22-,23-,24+,25-,26?,30?/m0/s1. The number of rotatable bonds is 10. The largest absolute Gasteiger partial charge is 0.494 e. The number of fused-ring (bicyclic) bond motifs is 1. The lowest BCUT2D eigenvalue weighted by molar-refractivity contribution is -0.143. The van der Waals surface area contributed by atoms with Crippen LogP contribution in [0.25, 0.3) is 0 Å². The Kier molecular flexibility index (Phi) is 7.91. The van der Waals surface area contributed by atoms with Crippen LogP contribution < -0.4 is 15.4 Å². The van der Waals surface area contributed by atoms with Crippen LogP contribution in [-0.4, -0.2) is 63.0 Å². The first-order valence-corrected chi connectivity index (χ1v) is 14.6. The normalized spacial score (nSPS) is 27.9. The van der Waals surface area contributed by atoms with Gasteiger partial charge in [-0.3, -0.25) is 14.4 Å². The number of amides is 3. The molecule has 3 aliphatic heterocycles. The van der Waals surface area contributed by atoms with Crippen molar-refractivity contribution in [2.45, 2.75) is 62.2 Å². The molecule has 5 rings (SSSR count). The van der Waals surface area contributed by atoms with Gasteiger partial charge in [0, 0.05) is 17.5 Å². The molecule has 2 aromatic carbocycles. The van der Waals surface area contributed by atoms with E-state index < -0.39 is 28.7 Å². The first kappa shape index (κ1) is 27.5. The van der Waals surface area contributed by atoms with Crippen molar-refractivity contribution in [2.75, 3.05) is 18.5 Å². The Balaban J connectivity index is 1.43. The molecule has 3 saturated heterocycles. The maximum absolute atomic E-state index is 14.2. The van der Waals surface area contributed by atoms with Gasteiger partial charge in [-0.25, -0.2) is 0 Å². The Labute approximate surface area is 233 Å². The number of thioether (sulfide) groups is 1. The smallest absolute Gasteiger partial charge is 0.244 e. The fourth-order valence-corrected chi connectivity index (χ4v) is 8.78. The van der Waals surface area contributed by atoms with E-state index in [2.05, 4.69) is 10.6 Å². The maximum Gasteiger partial charge on any atom is 0.244 e. The van der Waals surface area contributed by atoms with E-state index >= 15 is 0 Å². The molecular formula is C30H37N3O5S. The van der Waals surface area contributed by atoms with Gasteiger partial charge >= 0.3 is 0 Å². The topological polar surface area (TPSA) is 108 Å². The summed E-state index contributed by atoms with van der Waals surface area (Å²) in [5, 5.41) is 16.3. The van der Waals surface area contributed by atoms with Gasteiger partial charge in [0.15, 0.2) is 0 Å². The van der Waals surface area contributed by atoms with E-state index in [9.17, 15) is 19.5 Å². The van der Waals surface area contributed by atoms with Crippen molar-refractivity contribution in [3.63, 3.8) is 0 Å². The van der Waals surface area contributed by atoms with Crippen LogP contribution in [-0.2, 0) is 20.9 Å². The van der Waals surface area contributed by atoms with Gasteiger partial charge < -0.3 is 25.4 Å². The Bertz CT molecular complexity index is 1210. The minimum Gasteiger partial charge on any atom is -0.494 e. The molecule has 3 heterocycles. The van der Waals surface area contributed by atoms with Crippen LogP contribution in [0.15, 0.2) is 54.6 Å². The van der Waals surface area contributed by atoms with Gasteiger partial charge in [0.05, 0.1) is 35.8 Å². The van der Waals surface area contributed by atoms with Crippen LogP contribution in [0, 0.1) is 17.8 Å². The molecule has 2 bridgehead atoms. The Hall–Kier alpha value is -3.04. The quantitative estimate of drug-likeness (QED) is 0.418. The SMILES string of the molecule is CCOc1ccc(NC(=O)[C@@H]2[C@@H]3CCC4(S3)C(C(=O)NCc3ccccc3)N([C@@H](CO)C(C)C)C(=O)[C@H]24)cc1. The fourth-order valence-electron chi connectivity index (χ4n) is 6.58. The summed E-state index contributed by atoms with van der Waals surface area (Å²) in [6.45, 7) is 6.46. The van der Waals surface area contributed by atoms with Gasteiger partial charge in [0.25, 0.3) is 0 Å². The molecule has 0 radical (unpaired) electrons. The third kappa shape index (κ3) is 4.91. The predicted molar refractivity (Wildman–Crippen MR) is 151 cm³/mol. The van der Waals surface area contributed by atoms with Crippen molar-refractivity contribution in [3.8, 4) is 5.75 Å². The van der Waals surface area contributed by atoms with Crippen molar-refractivity contribution in [1.82, 2.24) is 10.2 Å². The summed E-state index contributed by atoms with van der Waals surface area (Å²) >= 11 is 1.62. The maximum atomic E-state index is 14.2.